The summed E-state index contributed by atoms with van der Waals surface area (Å²) in [6.45, 7) is 2.20. The molecule has 0 unspecified atom stereocenters. The molecule has 0 N–H and O–H groups in total. The lowest BCUT2D eigenvalue weighted by Gasteiger charge is -2.08. The molecule has 4 aromatic rings. The maximum absolute atomic E-state index is 2.34. The second kappa shape index (κ2) is 4.45. The molecule has 0 spiro atoms. The van der Waals surface area contributed by atoms with E-state index in [9.17, 15) is 0 Å². The molecule has 0 amide bonds. The second-order valence-corrected chi connectivity index (χ2v) is 5.49. The number of aromatic nitrogens is 2. The summed E-state index contributed by atoms with van der Waals surface area (Å²) >= 11 is 0. The molecule has 21 heavy (non-hydrogen) atoms. The van der Waals surface area contributed by atoms with Gasteiger partial charge in [0.15, 0.2) is 6.20 Å². The van der Waals surface area contributed by atoms with E-state index >= 15 is 0 Å². The van der Waals surface area contributed by atoms with Gasteiger partial charge in [0.1, 0.15) is 7.05 Å². The van der Waals surface area contributed by atoms with Crippen LogP contribution >= 0.6 is 0 Å². The summed E-state index contributed by atoms with van der Waals surface area (Å²) in [6.07, 6.45) is 2.09. The first kappa shape index (κ1) is 12.2. The fraction of sp³-hybridized carbons (Fsp3) is 0.105. The zero-order valence-corrected chi connectivity index (χ0v) is 12.2. The molecular formula is C19H17N2+. The van der Waals surface area contributed by atoms with Crippen molar-refractivity contribution in [2.24, 2.45) is 7.05 Å². The zero-order valence-electron chi connectivity index (χ0n) is 12.2. The molecular weight excluding hydrogens is 256 g/mol. The third kappa shape index (κ3) is 1.76. The molecule has 0 radical (unpaired) electrons. The molecule has 0 aliphatic rings. The van der Waals surface area contributed by atoms with Crippen LogP contribution in [0.25, 0.3) is 27.7 Å². The molecule has 2 nitrogen and oxygen atoms in total. The Bertz CT molecular complexity index is 964. The highest BCUT2D eigenvalue weighted by atomic mass is 14.9. The van der Waals surface area contributed by atoms with Crippen molar-refractivity contribution in [1.82, 2.24) is 4.40 Å². The predicted octanol–water partition coefficient (Wildman–Crippen LogP) is 3.89. The SMILES string of the molecule is Cc1c(-c2cccc[n+]2C)ccc2cc3ccccc3n12. The minimum atomic E-state index is 1.23. The number of pyridine rings is 2. The van der Waals surface area contributed by atoms with E-state index in [0.29, 0.717) is 0 Å². The van der Waals surface area contributed by atoms with Crippen LogP contribution in [0, 0.1) is 6.92 Å². The quantitative estimate of drug-likeness (QED) is 0.465. The number of hydrogen-bond acceptors (Lipinski definition) is 0. The Balaban J connectivity index is 2.11. The molecule has 102 valence electrons. The number of fused-ring (bicyclic) bond motifs is 3. The molecule has 3 heterocycles. The van der Waals surface area contributed by atoms with Crippen molar-refractivity contribution >= 4 is 16.4 Å². The Hall–Kier alpha value is -2.61. The van der Waals surface area contributed by atoms with Crippen LogP contribution in [0.5, 0.6) is 0 Å². The first-order valence-electron chi connectivity index (χ1n) is 7.20. The standard InChI is InChI=1S/C19H17N2/c1-14-17(19-9-5-6-12-20(19)2)11-10-16-13-15-7-3-4-8-18(15)21(14)16/h3-13H,1-2H3/q+1. The van der Waals surface area contributed by atoms with E-state index in [2.05, 4.69) is 89.8 Å². The van der Waals surface area contributed by atoms with Crippen molar-refractivity contribution in [2.75, 3.05) is 0 Å². The second-order valence-electron chi connectivity index (χ2n) is 5.49. The highest BCUT2D eigenvalue weighted by molar-refractivity contribution is 5.88. The number of para-hydroxylation sites is 1. The van der Waals surface area contributed by atoms with E-state index in [1.54, 1.807) is 0 Å². The topological polar surface area (TPSA) is 8.29 Å². The van der Waals surface area contributed by atoms with Crippen LogP contribution in [0.15, 0.2) is 66.9 Å². The van der Waals surface area contributed by atoms with Gasteiger partial charge in [0.05, 0.1) is 11.1 Å². The summed E-state index contributed by atoms with van der Waals surface area (Å²) in [5.74, 6) is 0. The van der Waals surface area contributed by atoms with Crippen molar-refractivity contribution in [2.45, 2.75) is 6.92 Å². The average molecular weight is 273 g/mol. The highest BCUT2D eigenvalue weighted by Crippen LogP contribution is 2.27. The summed E-state index contributed by atoms with van der Waals surface area (Å²) in [6, 6.07) is 21.5. The van der Waals surface area contributed by atoms with Gasteiger partial charge in [-0.3, -0.25) is 0 Å². The Labute approximate surface area is 123 Å². The molecule has 0 aliphatic heterocycles. The predicted molar refractivity (Wildman–Crippen MR) is 86.3 cm³/mol. The Kier molecular flexibility index (Phi) is 2.58. The summed E-state index contributed by atoms with van der Waals surface area (Å²) in [7, 11) is 2.09. The largest absolute Gasteiger partial charge is 0.313 e. The van der Waals surface area contributed by atoms with Gasteiger partial charge in [-0.1, -0.05) is 18.2 Å². The van der Waals surface area contributed by atoms with Gasteiger partial charge in [-0.2, -0.15) is 0 Å². The minimum Gasteiger partial charge on any atom is -0.313 e. The van der Waals surface area contributed by atoms with Crippen LogP contribution in [0.1, 0.15) is 5.69 Å². The average Bonchev–Trinajstić information content (AvgIpc) is 2.88. The van der Waals surface area contributed by atoms with Crippen LogP contribution in [0.2, 0.25) is 0 Å². The van der Waals surface area contributed by atoms with Crippen molar-refractivity contribution in [3.05, 3.63) is 72.6 Å². The Morgan fingerprint density at radius 3 is 2.57 bits per heavy atom. The van der Waals surface area contributed by atoms with E-state index in [-0.39, 0.29) is 0 Å². The minimum absolute atomic E-state index is 1.23. The summed E-state index contributed by atoms with van der Waals surface area (Å²) in [5.41, 5.74) is 6.29. The zero-order chi connectivity index (χ0) is 14.4. The number of hydrogen-bond donors (Lipinski definition) is 0. The smallest absolute Gasteiger partial charge is 0.214 e. The first-order valence-corrected chi connectivity index (χ1v) is 7.20. The van der Waals surface area contributed by atoms with Gasteiger partial charge in [-0.25, -0.2) is 4.57 Å². The number of benzene rings is 1. The number of aryl methyl sites for hydroxylation is 2. The van der Waals surface area contributed by atoms with Crippen LogP contribution in [0.3, 0.4) is 0 Å². The number of nitrogens with zero attached hydrogens (tertiary/aromatic N) is 2. The van der Waals surface area contributed by atoms with Gasteiger partial charge in [-0.15, -0.1) is 0 Å². The third-order valence-electron chi connectivity index (χ3n) is 4.22. The van der Waals surface area contributed by atoms with Gasteiger partial charge < -0.3 is 4.40 Å². The van der Waals surface area contributed by atoms with E-state index in [4.69, 9.17) is 0 Å². The molecule has 0 fully saturated rings. The summed E-state index contributed by atoms with van der Waals surface area (Å²) in [4.78, 5) is 0. The molecule has 0 bridgehead atoms. The fourth-order valence-electron chi connectivity index (χ4n) is 3.16. The van der Waals surface area contributed by atoms with Crippen molar-refractivity contribution in [3.63, 3.8) is 0 Å². The van der Waals surface area contributed by atoms with E-state index in [0.717, 1.165) is 0 Å². The van der Waals surface area contributed by atoms with Gasteiger partial charge >= 0.3 is 0 Å². The van der Waals surface area contributed by atoms with Gasteiger partial charge in [0.2, 0.25) is 5.69 Å². The van der Waals surface area contributed by atoms with E-state index < -0.39 is 0 Å². The molecule has 4 rings (SSSR count). The lowest BCUT2D eigenvalue weighted by molar-refractivity contribution is -0.660. The molecule has 0 aliphatic carbocycles. The van der Waals surface area contributed by atoms with Crippen LogP contribution in [-0.2, 0) is 7.05 Å². The van der Waals surface area contributed by atoms with Gasteiger partial charge in [0, 0.05) is 28.7 Å². The van der Waals surface area contributed by atoms with Gasteiger partial charge in [-0.05, 0) is 37.3 Å². The molecule has 0 atom stereocenters. The molecule has 1 aromatic carbocycles. The monoisotopic (exact) mass is 273 g/mol. The lowest BCUT2D eigenvalue weighted by Crippen LogP contribution is -2.30. The molecule has 0 saturated carbocycles. The van der Waals surface area contributed by atoms with E-state index in [1.807, 2.05) is 0 Å². The Morgan fingerprint density at radius 1 is 0.905 bits per heavy atom. The summed E-state index contributed by atoms with van der Waals surface area (Å²) < 4.78 is 4.51. The normalized spacial score (nSPS) is 11.3. The van der Waals surface area contributed by atoms with Crippen LogP contribution < -0.4 is 4.57 Å². The van der Waals surface area contributed by atoms with Crippen molar-refractivity contribution < 1.29 is 4.57 Å². The first-order chi connectivity index (χ1) is 10.3. The maximum Gasteiger partial charge on any atom is 0.214 e. The van der Waals surface area contributed by atoms with Crippen molar-refractivity contribution in [3.8, 4) is 11.3 Å². The fourth-order valence-corrected chi connectivity index (χ4v) is 3.16. The molecule has 2 heteroatoms. The van der Waals surface area contributed by atoms with Crippen molar-refractivity contribution in [1.29, 1.82) is 0 Å². The highest BCUT2D eigenvalue weighted by Gasteiger charge is 2.14. The Morgan fingerprint density at radius 2 is 1.71 bits per heavy atom. The lowest BCUT2D eigenvalue weighted by atomic mass is 10.1. The summed E-state index contributed by atoms with van der Waals surface area (Å²) in [5, 5.41) is 1.29. The number of rotatable bonds is 1. The van der Waals surface area contributed by atoms with Crippen LogP contribution in [-0.4, -0.2) is 4.40 Å². The third-order valence-corrected chi connectivity index (χ3v) is 4.22. The maximum atomic E-state index is 2.34. The van der Waals surface area contributed by atoms with E-state index in [1.165, 1.54) is 33.4 Å². The molecule has 3 aromatic heterocycles. The van der Waals surface area contributed by atoms with Gasteiger partial charge in [0.25, 0.3) is 0 Å². The molecule has 0 saturated heterocycles. The van der Waals surface area contributed by atoms with Crippen LogP contribution in [0.4, 0.5) is 0 Å².